The molecule has 1 aliphatic rings. The van der Waals surface area contributed by atoms with Crippen LogP contribution in [-0.4, -0.2) is 11.9 Å². The lowest BCUT2D eigenvalue weighted by Crippen LogP contribution is -2.22. The molecule has 1 fully saturated rings. The second-order valence-corrected chi connectivity index (χ2v) is 7.66. The van der Waals surface area contributed by atoms with Crippen LogP contribution in [0.3, 0.4) is 0 Å². The summed E-state index contributed by atoms with van der Waals surface area (Å²) < 4.78 is 7.65. The van der Waals surface area contributed by atoms with Crippen molar-refractivity contribution < 1.29 is 14.3 Å². The number of urea groups is 1. The minimum absolute atomic E-state index is 0.207. The van der Waals surface area contributed by atoms with Gasteiger partial charge in [0, 0.05) is 5.56 Å². The Labute approximate surface area is 176 Å². The Hall–Kier alpha value is -2.13. The molecule has 1 saturated heterocycles. The number of imide groups is 1. The van der Waals surface area contributed by atoms with Crippen LogP contribution < -0.4 is 15.4 Å². The normalized spacial score (nSPS) is 14.7. The summed E-state index contributed by atoms with van der Waals surface area (Å²) >= 11 is 4.31. The van der Waals surface area contributed by atoms with Gasteiger partial charge in [0.2, 0.25) is 0 Å². The van der Waals surface area contributed by atoms with E-state index in [2.05, 4.69) is 61.9 Å². The molecule has 0 unspecified atom stereocenters. The molecule has 0 radical (unpaired) electrons. The summed E-state index contributed by atoms with van der Waals surface area (Å²) in [5.41, 5.74) is 2.38. The highest BCUT2D eigenvalue weighted by Crippen LogP contribution is 2.30. The van der Waals surface area contributed by atoms with Gasteiger partial charge in [-0.3, -0.25) is 10.1 Å². The first kappa shape index (κ1) is 18.7. The van der Waals surface area contributed by atoms with E-state index in [9.17, 15) is 9.59 Å². The molecule has 2 N–H and O–H groups in total. The highest BCUT2D eigenvalue weighted by molar-refractivity contribution is 14.1. The van der Waals surface area contributed by atoms with Crippen molar-refractivity contribution in [1.29, 1.82) is 5.26 Å². The molecule has 6 nitrogen and oxygen atoms in total. The number of benzene rings is 2. The molecular formula is C18H11I2N3O3. The largest absolute Gasteiger partial charge is 0.487 e. The molecule has 1 heterocycles. The lowest BCUT2D eigenvalue weighted by molar-refractivity contribution is -0.115. The summed E-state index contributed by atoms with van der Waals surface area (Å²) in [6, 6.07) is 12.6. The maximum absolute atomic E-state index is 11.6. The van der Waals surface area contributed by atoms with Crippen molar-refractivity contribution in [3.8, 4) is 11.8 Å². The van der Waals surface area contributed by atoms with Gasteiger partial charge >= 0.3 is 6.03 Å². The Morgan fingerprint density at radius 2 is 1.81 bits per heavy atom. The van der Waals surface area contributed by atoms with Crippen LogP contribution in [0.1, 0.15) is 16.7 Å². The molecule has 3 rings (SSSR count). The molecule has 0 saturated carbocycles. The number of carbonyl (C=O) groups is 2. The average molecular weight is 571 g/mol. The molecule has 2 aromatic carbocycles. The molecule has 2 aromatic rings. The van der Waals surface area contributed by atoms with E-state index in [4.69, 9.17) is 10.00 Å². The molecular weight excluding hydrogens is 560 g/mol. The van der Waals surface area contributed by atoms with E-state index in [-0.39, 0.29) is 12.3 Å². The summed E-state index contributed by atoms with van der Waals surface area (Å²) in [6.07, 6.45) is 1.61. The zero-order chi connectivity index (χ0) is 18.7. The molecule has 1 aliphatic heterocycles. The first-order valence-corrected chi connectivity index (χ1v) is 9.57. The van der Waals surface area contributed by atoms with Crippen molar-refractivity contribution in [3.63, 3.8) is 0 Å². The number of ether oxygens (including phenoxy) is 1. The number of nitrogens with zero attached hydrogens (tertiary/aromatic N) is 1. The Balaban J connectivity index is 1.82. The number of rotatable bonds is 4. The third-order valence-corrected chi connectivity index (χ3v) is 5.16. The fourth-order valence-corrected chi connectivity index (χ4v) is 4.48. The molecule has 8 heteroatoms. The van der Waals surface area contributed by atoms with Gasteiger partial charge in [-0.25, -0.2) is 4.79 Å². The number of amides is 3. The number of hydrogen-bond donors (Lipinski definition) is 2. The van der Waals surface area contributed by atoms with Gasteiger partial charge in [0.15, 0.2) is 0 Å². The first-order valence-electron chi connectivity index (χ1n) is 7.42. The average Bonchev–Trinajstić information content (AvgIpc) is 2.91. The number of nitrogens with one attached hydrogen (secondary N) is 2. The van der Waals surface area contributed by atoms with Gasteiger partial charge in [-0.1, -0.05) is 18.2 Å². The summed E-state index contributed by atoms with van der Waals surface area (Å²) in [7, 11) is 0. The topological polar surface area (TPSA) is 91.2 Å². The van der Waals surface area contributed by atoms with Crippen molar-refractivity contribution in [1.82, 2.24) is 10.6 Å². The van der Waals surface area contributed by atoms with E-state index in [1.165, 1.54) is 0 Å². The van der Waals surface area contributed by atoms with Gasteiger partial charge in [-0.05, 0) is 75.0 Å². The predicted octanol–water partition coefficient (Wildman–Crippen LogP) is 3.53. The van der Waals surface area contributed by atoms with E-state index in [1.807, 2.05) is 30.3 Å². The third kappa shape index (κ3) is 4.16. The number of carbonyl (C=O) groups excluding carboxylic acids is 2. The van der Waals surface area contributed by atoms with E-state index in [1.54, 1.807) is 12.1 Å². The van der Waals surface area contributed by atoms with Crippen molar-refractivity contribution in [2.75, 3.05) is 0 Å². The van der Waals surface area contributed by atoms with Crippen LogP contribution in [0.5, 0.6) is 5.75 Å². The van der Waals surface area contributed by atoms with Gasteiger partial charge in [0.25, 0.3) is 5.91 Å². The SMILES string of the molecule is N#Cc1ccccc1COc1c(I)cc(/C=C2\NC(=O)NC2=O)cc1I. The zero-order valence-corrected chi connectivity index (χ0v) is 17.5. The van der Waals surface area contributed by atoms with Crippen LogP contribution in [0, 0.1) is 18.5 Å². The summed E-state index contributed by atoms with van der Waals surface area (Å²) in [6.45, 7) is 0.286. The monoisotopic (exact) mass is 571 g/mol. The van der Waals surface area contributed by atoms with E-state index < -0.39 is 11.9 Å². The van der Waals surface area contributed by atoms with E-state index in [0.29, 0.717) is 11.3 Å². The number of hydrogen-bond acceptors (Lipinski definition) is 4. The van der Waals surface area contributed by atoms with Gasteiger partial charge in [-0.15, -0.1) is 0 Å². The lowest BCUT2D eigenvalue weighted by atomic mass is 10.1. The van der Waals surface area contributed by atoms with Gasteiger partial charge in [0.05, 0.1) is 18.8 Å². The maximum atomic E-state index is 11.6. The molecule has 26 heavy (non-hydrogen) atoms. The van der Waals surface area contributed by atoms with Crippen LogP contribution in [0.25, 0.3) is 6.08 Å². The van der Waals surface area contributed by atoms with Crippen LogP contribution in [0.15, 0.2) is 42.1 Å². The molecule has 0 aromatic heterocycles. The number of halogens is 2. The Bertz CT molecular complexity index is 957. The summed E-state index contributed by atoms with van der Waals surface area (Å²) in [5, 5.41) is 13.8. The summed E-state index contributed by atoms with van der Waals surface area (Å²) in [5.74, 6) is 0.259. The highest BCUT2D eigenvalue weighted by atomic mass is 127. The second-order valence-electron chi connectivity index (χ2n) is 5.34. The smallest absolute Gasteiger partial charge is 0.326 e. The summed E-state index contributed by atoms with van der Waals surface area (Å²) in [4.78, 5) is 22.8. The Kier molecular flexibility index (Phi) is 5.77. The van der Waals surface area contributed by atoms with Crippen molar-refractivity contribution in [2.24, 2.45) is 0 Å². The molecule has 3 amide bonds. The Morgan fingerprint density at radius 1 is 1.12 bits per heavy atom. The Morgan fingerprint density at radius 3 is 2.42 bits per heavy atom. The van der Waals surface area contributed by atoms with E-state index >= 15 is 0 Å². The fraction of sp³-hybridized carbons (Fsp3) is 0.0556. The predicted molar refractivity (Wildman–Crippen MR) is 112 cm³/mol. The molecule has 130 valence electrons. The molecule has 0 aliphatic carbocycles. The maximum Gasteiger partial charge on any atom is 0.326 e. The number of nitriles is 1. The van der Waals surface area contributed by atoms with Crippen molar-refractivity contribution in [2.45, 2.75) is 6.61 Å². The van der Waals surface area contributed by atoms with Crippen molar-refractivity contribution in [3.05, 3.63) is 65.9 Å². The molecule has 0 atom stereocenters. The first-order chi connectivity index (χ1) is 12.5. The van der Waals surface area contributed by atoms with Crippen LogP contribution in [-0.2, 0) is 11.4 Å². The molecule has 0 bridgehead atoms. The second kappa shape index (κ2) is 8.05. The van der Waals surface area contributed by atoms with Crippen LogP contribution >= 0.6 is 45.2 Å². The fourth-order valence-electron chi connectivity index (χ4n) is 2.35. The lowest BCUT2D eigenvalue weighted by Gasteiger charge is -2.12. The van der Waals surface area contributed by atoms with Crippen LogP contribution in [0.4, 0.5) is 4.79 Å². The minimum Gasteiger partial charge on any atom is -0.487 e. The zero-order valence-electron chi connectivity index (χ0n) is 13.2. The van der Waals surface area contributed by atoms with Crippen LogP contribution in [0.2, 0.25) is 0 Å². The van der Waals surface area contributed by atoms with E-state index in [0.717, 1.165) is 18.3 Å². The molecule has 0 spiro atoms. The standard InChI is InChI=1S/C18H11I2N3O3/c19-13-5-10(7-15-17(24)23-18(25)22-15)6-14(20)16(13)26-9-12-4-2-1-3-11(12)8-21/h1-7H,9H2,(H2,22,23,24,25)/b15-7-. The minimum atomic E-state index is -0.526. The van der Waals surface area contributed by atoms with Gasteiger partial charge < -0.3 is 10.1 Å². The van der Waals surface area contributed by atoms with Gasteiger partial charge in [0.1, 0.15) is 18.1 Å². The quantitative estimate of drug-likeness (QED) is 0.334. The van der Waals surface area contributed by atoms with Gasteiger partial charge in [-0.2, -0.15) is 5.26 Å². The van der Waals surface area contributed by atoms with Crippen molar-refractivity contribution >= 4 is 63.2 Å². The highest BCUT2D eigenvalue weighted by Gasteiger charge is 2.23. The third-order valence-electron chi connectivity index (χ3n) is 3.56.